The minimum absolute atomic E-state index is 0.157. The molecule has 3 aromatic rings. The molecule has 0 atom stereocenters. The van der Waals surface area contributed by atoms with Gasteiger partial charge in [0.2, 0.25) is 15.9 Å². The number of aromatic nitrogens is 1. The average Bonchev–Trinajstić information content (AvgIpc) is 3.09. The number of fused-ring (bicyclic) bond motifs is 1. The molecule has 1 aliphatic heterocycles. The molecule has 2 heterocycles. The Morgan fingerprint density at radius 2 is 1.82 bits per heavy atom. The second kappa shape index (κ2) is 7.62. The topological polar surface area (TPSA) is 79.4 Å². The largest absolute Gasteiger partial charge is 0.302 e. The smallest absolute Gasteiger partial charge is 0.243 e. The summed E-state index contributed by atoms with van der Waals surface area (Å²) in [4.78, 5) is 16.0. The van der Waals surface area contributed by atoms with Crippen molar-refractivity contribution in [1.29, 1.82) is 0 Å². The van der Waals surface area contributed by atoms with Gasteiger partial charge in [-0.05, 0) is 48.2 Å². The number of nitrogens with zero attached hydrogens (tertiary/aromatic N) is 2. The first-order valence-electron chi connectivity index (χ1n) is 9.22. The summed E-state index contributed by atoms with van der Waals surface area (Å²) < 4.78 is 28.5. The third kappa shape index (κ3) is 3.80. The van der Waals surface area contributed by atoms with E-state index in [1.165, 1.54) is 18.3 Å². The number of amides is 1. The second-order valence-corrected chi connectivity index (χ2v) is 9.84. The molecule has 1 aromatic heterocycles. The monoisotopic (exact) mass is 415 g/mol. The van der Waals surface area contributed by atoms with Gasteiger partial charge in [-0.25, -0.2) is 13.4 Å². The normalized spacial score (nSPS) is 15.6. The number of benzene rings is 2. The number of anilines is 1. The summed E-state index contributed by atoms with van der Waals surface area (Å²) >= 11 is 1.40. The SMILES string of the molecule is CC(=O)Nc1nc2ccc(-c3cccc(S(=O)(=O)N4CCCCC4)c3)cc2s1. The van der Waals surface area contributed by atoms with E-state index in [0.717, 1.165) is 40.6 Å². The highest BCUT2D eigenvalue weighted by Gasteiger charge is 2.26. The summed E-state index contributed by atoms with van der Waals surface area (Å²) in [5.74, 6) is -0.157. The molecule has 8 heteroatoms. The van der Waals surface area contributed by atoms with Gasteiger partial charge in [-0.1, -0.05) is 36.0 Å². The van der Waals surface area contributed by atoms with Crippen molar-refractivity contribution in [3.63, 3.8) is 0 Å². The maximum atomic E-state index is 13.0. The van der Waals surface area contributed by atoms with Crippen molar-refractivity contribution in [2.45, 2.75) is 31.1 Å². The average molecular weight is 416 g/mol. The summed E-state index contributed by atoms with van der Waals surface area (Å²) in [5.41, 5.74) is 2.56. The lowest BCUT2D eigenvalue weighted by Crippen LogP contribution is -2.35. The molecule has 1 saturated heterocycles. The molecule has 0 spiro atoms. The van der Waals surface area contributed by atoms with E-state index in [2.05, 4.69) is 10.3 Å². The van der Waals surface area contributed by atoms with Crippen LogP contribution in [0.5, 0.6) is 0 Å². The van der Waals surface area contributed by atoms with Gasteiger partial charge in [-0.15, -0.1) is 0 Å². The molecule has 1 amide bonds. The van der Waals surface area contributed by atoms with Crippen LogP contribution in [0, 0.1) is 0 Å². The van der Waals surface area contributed by atoms with E-state index in [4.69, 9.17) is 0 Å². The maximum absolute atomic E-state index is 13.0. The van der Waals surface area contributed by atoms with Crippen LogP contribution in [0.1, 0.15) is 26.2 Å². The number of thiazole rings is 1. The van der Waals surface area contributed by atoms with Crippen LogP contribution in [-0.2, 0) is 14.8 Å². The van der Waals surface area contributed by atoms with Crippen molar-refractivity contribution in [1.82, 2.24) is 9.29 Å². The molecule has 146 valence electrons. The van der Waals surface area contributed by atoms with Crippen LogP contribution in [0.3, 0.4) is 0 Å². The highest BCUT2D eigenvalue weighted by atomic mass is 32.2. The van der Waals surface area contributed by atoms with Crippen LogP contribution in [-0.4, -0.2) is 36.7 Å². The van der Waals surface area contributed by atoms with Gasteiger partial charge in [0.15, 0.2) is 5.13 Å². The third-order valence-electron chi connectivity index (χ3n) is 4.79. The number of hydrogen-bond donors (Lipinski definition) is 1. The second-order valence-electron chi connectivity index (χ2n) is 6.88. The fraction of sp³-hybridized carbons (Fsp3) is 0.300. The van der Waals surface area contributed by atoms with Crippen LogP contribution >= 0.6 is 11.3 Å². The first-order chi connectivity index (χ1) is 13.4. The highest BCUT2D eigenvalue weighted by Crippen LogP contribution is 2.32. The Balaban J connectivity index is 1.68. The molecular weight excluding hydrogens is 394 g/mol. The lowest BCUT2D eigenvalue weighted by Gasteiger charge is -2.26. The highest BCUT2D eigenvalue weighted by molar-refractivity contribution is 7.89. The van der Waals surface area contributed by atoms with Crippen LogP contribution < -0.4 is 5.32 Å². The molecule has 0 unspecified atom stereocenters. The van der Waals surface area contributed by atoms with Crippen LogP contribution in [0.4, 0.5) is 5.13 Å². The van der Waals surface area contributed by atoms with Crippen molar-refractivity contribution in [2.75, 3.05) is 18.4 Å². The van der Waals surface area contributed by atoms with Gasteiger partial charge < -0.3 is 5.32 Å². The molecule has 6 nitrogen and oxygen atoms in total. The fourth-order valence-electron chi connectivity index (χ4n) is 3.40. The Morgan fingerprint density at radius 1 is 1.07 bits per heavy atom. The van der Waals surface area contributed by atoms with Crippen LogP contribution in [0.15, 0.2) is 47.4 Å². The molecule has 28 heavy (non-hydrogen) atoms. The van der Waals surface area contributed by atoms with E-state index in [-0.39, 0.29) is 5.91 Å². The van der Waals surface area contributed by atoms with Crippen molar-refractivity contribution in [2.24, 2.45) is 0 Å². The lowest BCUT2D eigenvalue weighted by atomic mass is 10.1. The maximum Gasteiger partial charge on any atom is 0.243 e. The summed E-state index contributed by atoms with van der Waals surface area (Å²) in [6.45, 7) is 2.63. The van der Waals surface area contributed by atoms with Crippen molar-refractivity contribution in [3.8, 4) is 11.1 Å². The predicted octanol–water partition coefficient (Wildman–Crippen LogP) is 4.10. The van der Waals surface area contributed by atoms with Gasteiger partial charge in [0, 0.05) is 20.0 Å². The van der Waals surface area contributed by atoms with Gasteiger partial charge in [0.1, 0.15) is 0 Å². The molecular formula is C20H21N3O3S2. The third-order valence-corrected chi connectivity index (χ3v) is 7.62. The van der Waals surface area contributed by atoms with Crippen molar-refractivity contribution in [3.05, 3.63) is 42.5 Å². The molecule has 1 fully saturated rings. The summed E-state index contributed by atoms with van der Waals surface area (Å²) in [6.07, 6.45) is 2.91. The number of piperidine rings is 1. The molecule has 2 aromatic carbocycles. The Morgan fingerprint density at radius 3 is 2.57 bits per heavy atom. The zero-order valence-corrected chi connectivity index (χ0v) is 17.1. The Bertz CT molecular complexity index is 1130. The summed E-state index contributed by atoms with van der Waals surface area (Å²) in [7, 11) is -3.47. The standard InChI is InChI=1S/C20H21N3O3S2/c1-14(24)21-20-22-18-9-8-16(13-19(18)27-20)15-6-5-7-17(12-15)28(25,26)23-10-3-2-4-11-23/h5-9,12-13H,2-4,10-11H2,1H3,(H,21,22,24). The number of nitrogens with one attached hydrogen (secondary N) is 1. The van der Waals surface area contributed by atoms with Gasteiger partial charge in [0.05, 0.1) is 15.1 Å². The number of rotatable bonds is 4. The summed E-state index contributed by atoms with van der Waals surface area (Å²) in [6, 6.07) is 12.9. The Kier molecular flexibility index (Phi) is 5.18. The molecule has 0 bridgehead atoms. The van der Waals surface area contributed by atoms with Gasteiger partial charge in [-0.2, -0.15) is 4.31 Å². The predicted molar refractivity (Wildman–Crippen MR) is 112 cm³/mol. The molecule has 1 aliphatic rings. The molecule has 1 N–H and O–H groups in total. The van der Waals surface area contributed by atoms with Crippen LogP contribution in [0.2, 0.25) is 0 Å². The number of carbonyl (C=O) groups excluding carboxylic acids is 1. The van der Waals surface area contributed by atoms with E-state index in [1.807, 2.05) is 24.3 Å². The Hall–Kier alpha value is -2.29. The zero-order chi connectivity index (χ0) is 19.7. The van der Waals surface area contributed by atoms with E-state index in [9.17, 15) is 13.2 Å². The first kappa shape index (κ1) is 19.0. The molecule has 0 aliphatic carbocycles. The van der Waals surface area contributed by atoms with Crippen LogP contribution in [0.25, 0.3) is 21.3 Å². The quantitative estimate of drug-likeness (QED) is 0.696. The number of sulfonamides is 1. The number of carbonyl (C=O) groups is 1. The van der Waals surface area contributed by atoms with Gasteiger partial charge in [0.25, 0.3) is 0 Å². The molecule has 0 saturated carbocycles. The number of hydrogen-bond acceptors (Lipinski definition) is 5. The molecule has 0 radical (unpaired) electrons. The van der Waals surface area contributed by atoms with Crippen molar-refractivity contribution >= 4 is 42.6 Å². The summed E-state index contributed by atoms with van der Waals surface area (Å²) in [5, 5.41) is 3.26. The lowest BCUT2D eigenvalue weighted by molar-refractivity contribution is -0.114. The van der Waals surface area contributed by atoms with Gasteiger partial charge in [-0.3, -0.25) is 4.79 Å². The zero-order valence-electron chi connectivity index (χ0n) is 15.5. The minimum Gasteiger partial charge on any atom is -0.302 e. The Labute approximate surface area is 168 Å². The van der Waals surface area contributed by atoms with E-state index in [1.54, 1.807) is 22.5 Å². The van der Waals surface area contributed by atoms with E-state index < -0.39 is 10.0 Å². The van der Waals surface area contributed by atoms with Crippen molar-refractivity contribution < 1.29 is 13.2 Å². The minimum atomic E-state index is -3.47. The van der Waals surface area contributed by atoms with E-state index >= 15 is 0 Å². The fourth-order valence-corrected chi connectivity index (χ4v) is 5.91. The van der Waals surface area contributed by atoms with Gasteiger partial charge >= 0.3 is 0 Å². The molecule has 4 rings (SSSR count). The first-order valence-corrected chi connectivity index (χ1v) is 11.5. The van der Waals surface area contributed by atoms with E-state index in [0.29, 0.717) is 23.1 Å².